The Balaban J connectivity index is 1.36. The molecule has 0 spiro atoms. The van der Waals surface area contributed by atoms with Gasteiger partial charge in [-0.3, -0.25) is 4.79 Å². The van der Waals surface area contributed by atoms with Gasteiger partial charge in [0.05, 0.1) is 17.8 Å². The molecule has 0 saturated carbocycles. The van der Waals surface area contributed by atoms with Gasteiger partial charge in [-0.2, -0.15) is 0 Å². The van der Waals surface area contributed by atoms with Crippen molar-refractivity contribution in [1.29, 1.82) is 0 Å². The van der Waals surface area contributed by atoms with Crippen LogP contribution in [0.15, 0.2) is 58.2 Å². The number of aliphatic hydroxyl groups excluding tert-OH is 1. The van der Waals surface area contributed by atoms with E-state index in [1.54, 1.807) is 30.0 Å². The molecule has 8 nitrogen and oxygen atoms in total. The third-order valence-electron chi connectivity index (χ3n) is 7.22. The largest absolute Gasteiger partial charge is 0.391 e. The lowest BCUT2D eigenvalue weighted by atomic mass is 9.91. The summed E-state index contributed by atoms with van der Waals surface area (Å²) >= 11 is 6.40. The molecule has 1 aromatic heterocycles. The van der Waals surface area contributed by atoms with E-state index in [-0.39, 0.29) is 24.2 Å². The number of amides is 1. The fraction of sp³-hybridized carbons (Fsp3) is 0.393. The van der Waals surface area contributed by atoms with E-state index in [1.165, 1.54) is 6.07 Å². The number of rotatable bonds is 6. The van der Waals surface area contributed by atoms with Gasteiger partial charge in [0.1, 0.15) is 16.8 Å². The van der Waals surface area contributed by atoms with Gasteiger partial charge in [0.2, 0.25) is 11.6 Å². The zero-order valence-electron chi connectivity index (χ0n) is 21.6. The van der Waals surface area contributed by atoms with Crippen molar-refractivity contribution in [3.8, 4) is 11.1 Å². The van der Waals surface area contributed by atoms with Crippen molar-refractivity contribution in [2.75, 3.05) is 6.54 Å². The number of nitrogens with one attached hydrogen (secondary N) is 1. The number of carbonyl (C=O) groups excluding carboxylic acids is 1. The number of aryl methyl sites for hydroxylation is 1. The van der Waals surface area contributed by atoms with E-state index in [9.17, 15) is 14.3 Å². The van der Waals surface area contributed by atoms with Crippen molar-refractivity contribution in [3.05, 3.63) is 76.4 Å². The molecule has 1 unspecified atom stereocenters. The van der Waals surface area contributed by atoms with Crippen LogP contribution in [0.4, 0.5) is 4.39 Å². The van der Waals surface area contributed by atoms with E-state index in [1.807, 2.05) is 45.0 Å². The molecule has 1 amide bonds. The van der Waals surface area contributed by atoms with Crippen LogP contribution in [0.25, 0.3) is 11.1 Å². The first-order chi connectivity index (χ1) is 18.1. The molecule has 10 heteroatoms. The molecule has 1 fully saturated rings. The Kier molecular flexibility index (Phi) is 6.92. The minimum Gasteiger partial charge on any atom is -0.391 e. The second-order valence-electron chi connectivity index (χ2n) is 10.3. The summed E-state index contributed by atoms with van der Waals surface area (Å²) in [6.45, 7) is 7.51. The Morgan fingerprint density at radius 1 is 1.24 bits per heavy atom. The van der Waals surface area contributed by atoms with Gasteiger partial charge in [-0.1, -0.05) is 78.2 Å². The van der Waals surface area contributed by atoms with Crippen LogP contribution in [0.1, 0.15) is 50.1 Å². The van der Waals surface area contributed by atoms with Crippen LogP contribution in [0.5, 0.6) is 0 Å². The van der Waals surface area contributed by atoms with Crippen molar-refractivity contribution in [3.63, 3.8) is 0 Å². The van der Waals surface area contributed by atoms with E-state index >= 15 is 0 Å². The lowest BCUT2D eigenvalue weighted by Gasteiger charge is -2.30. The summed E-state index contributed by atoms with van der Waals surface area (Å²) in [5, 5.41) is 22.4. The van der Waals surface area contributed by atoms with Crippen LogP contribution >= 0.6 is 11.6 Å². The average Bonchev–Trinajstić information content (AvgIpc) is 3.58. The Morgan fingerprint density at radius 2 is 1.95 bits per heavy atom. The molecule has 2 aliphatic rings. The fourth-order valence-electron chi connectivity index (χ4n) is 5.13. The monoisotopic (exact) mass is 540 g/mol. The number of aromatic nitrogens is 1. The van der Waals surface area contributed by atoms with E-state index in [2.05, 4.69) is 15.6 Å². The normalized spacial score (nSPS) is 23.8. The fourth-order valence-corrected chi connectivity index (χ4v) is 5.31. The molecule has 2 aromatic carbocycles. The van der Waals surface area contributed by atoms with Crippen LogP contribution in [0.3, 0.4) is 0 Å². The third-order valence-corrected chi connectivity index (χ3v) is 7.68. The Morgan fingerprint density at radius 3 is 2.58 bits per heavy atom. The maximum atomic E-state index is 14.2. The molecule has 0 bridgehead atoms. The molecular weight excluding hydrogens is 511 g/mol. The maximum Gasteiger partial charge on any atom is 0.234 e. The number of oxime groups is 1. The Bertz CT molecular complexity index is 1380. The first-order valence-electron chi connectivity index (χ1n) is 12.6. The molecule has 1 saturated heterocycles. The number of hydrogen-bond donors (Lipinski definition) is 2. The summed E-state index contributed by atoms with van der Waals surface area (Å²) in [5.74, 6) is -0.555. The van der Waals surface area contributed by atoms with Gasteiger partial charge in [-0.05, 0) is 24.5 Å². The Labute approximate surface area is 225 Å². The summed E-state index contributed by atoms with van der Waals surface area (Å²) in [5.41, 5.74) is 1.54. The van der Waals surface area contributed by atoms with Crippen molar-refractivity contribution >= 4 is 23.3 Å². The summed E-state index contributed by atoms with van der Waals surface area (Å²) in [4.78, 5) is 21.2. The first-order valence-corrected chi connectivity index (χ1v) is 13.0. The average molecular weight is 541 g/mol. The summed E-state index contributed by atoms with van der Waals surface area (Å²) in [6, 6.07) is 13.4. The smallest absolute Gasteiger partial charge is 0.234 e. The number of nitrogens with zero attached hydrogens (tertiary/aromatic N) is 3. The minimum absolute atomic E-state index is 0.126. The van der Waals surface area contributed by atoms with Gasteiger partial charge in [-0.15, -0.1) is 0 Å². The molecule has 3 heterocycles. The third kappa shape index (κ3) is 4.65. The standard InChI is InChI=1S/C28H30ClFN4O4/c1-15(2)23(25-24(29)16(3)32-37-25)27(36)34-14-19(35)13-22(34)26-31-28(4,38-33-26)18-11-9-17(10-12-18)20-7-5-6-8-21(20)30/h5-12,15,19,22-23,35H,13-14H2,1-4H3,(H,31,33)/t19-,22+,23-,28?/m1/s1. The van der Waals surface area contributed by atoms with Crippen LogP contribution in [0, 0.1) is 18.7 Å². The van der Waals surface area contributed by atoms with Gasteiger partial charge in [0, 0.05) is 31.0 Å². The zero-order chi connectivity index (χ0) is 27.2. The van der Waals surface area contributed by atoms with Crippen LogP contribution in [0.2, 0.25) is 5.02 Å². The molecule has 2 aliphatic heterocycles. The molecule has 0 aliphatic carbocycles. The first kappa shape index (κ1) is 26.2. The molecule has 2 N–H and O–H groups in total. The number of carbonyl (C=O) groups is 1. The predicted octanol–water partition coefficient (Wildman–Crippen LogP) is 4.95. The number of β-amino-alcohol motifs (C(OH)–C–C–N with tert-alkyl or cyclic N) is 1. The second kappa shape index (κ2) is 10.0. The topological polar surface area (TPSA) is 100 Å². The summed E-state index contributed by atoms with van der Waals surface area (Å²) < 4.78 is 19.7. The van der Waals surface area contributed by atoms with E-state index < -0.39 is 23.8 Å². The molecule has 200 valence electrons. The highest BCUT2D eigenvalue weighted by atomic mass is 35.5. The number of amidine groups is 1. The predicted molar refractivity (Wildman–Crippen MR) is 141 cm³/mol. The van der Waals surface area contributed by atoms with Gasteiger partial charge >= 0.3 is 0 Å². The maximum absolute atomic E-state index is 14.2. The number of halogens is 2. The lowest BCUT2D eigenvalue weighted by Crippen LogP contribution is -2.50. The highest BCUT2D eigenvalue weighted by Gasteiger charge is 2.47. The van der Waals surface area contributed by atoms with Crippen LogP contribution < -0.4 is 5.32 Å². The molecule has 0 radical (unpaired) electrons. The Hall–Kier alpha value is -3.43. The number of hydrogen-bond acceptors (Lipinski definition) is 7. The second-order valence-corrected chi connectivity index (χ2v) is 10.7. The SMILES string of the molecule is Cc1noc([C@H](C(=O)N2C[C@H](O)C[C@H]2C2=NOC(C)(c3ccc(-c4ccccc4F)cc3)N2)C(C)C)c1Cl. The van der Waals surface area contributed by atoms with E-state index in [4.69, 9.17) is 21.0 Å². The molecule has 5 rings (SSSR count). The lowest BCUT2D eigenvalue weighted by molar-refractivity contribution is -0.134. The quantitative estimate of drug-likeness (QED) is 0.459. The van der Waals surface area contributed by atoms with Gasteiger partial charge < -0.3 is 24.7 Å². The molecule has 3 aromatic rings. The summed E-state index contributed by atoms with van der Waals surface area (Å²) in [7, 11) is 0. The van der Waals surface area contributed by atoms with Crippen LogP contribution in [-0.2, 0) is 15.4 Å². The molecule has 38 heavy (non-hydrogen) atoms. The minimum atomic E-state index is -1.01. The van der Waals surface area contributed by atoms with Crippen molar-refractivity contribution in [2.24, 2.45) is 11.1 Å². The number of aliphatic hydroxyl groups is 1. The molecular formula is C28H30ClFN4O4. The van der Waals surface area contributed by atoms with Gasteiger partial charge in [0.25, 0.3) is 0 Å². The zero-order valence-corrected chi connectivity index (χ0v) is 22.4. The number of benzene rings is 2. The van der Waals surface area contributed by atoms with Crippen molar-refractivity contribution in [2.45, 2.75) is 57.9 Å². The van der Waals surface area contributed by atoms with Gasteiger partial charge in [-0.25, -0.2) is 4.39 Å². The highest BCUT2D eigenvalue weighted by molar-refractivity contribution is 6.32. The highest BCUT2D eigenvalue weighted by Crippen LogP contribution is 2.37. The number of likely N-dealkylation sites (tertiary alicyclic amines) is 1. The van der Waals surface area contributed by atoms with Crippen molar-refractivity contribution < 1.29 is 23.7 Å². The molecule has 4 atom stereocenters. The summed E-state index contributed by atoms with van der Waals surface area (Å²) in [6.07, 6.45) is -0.419. The van der Waals surface area contributed by atoms with Crippen molar-refractivity contribution in [1.82, 2.24) is 15.4 Å². The van der Waals surface area contributed by atoms with E-state index in [0.717, 1.165) is 11.1 Å². The van der Waals surface area contributed by atoms with Gasteiger partial charge in [0.15, 0.2) is 11.6 Å². The van der Waals surface area contributed by atoms with E-state index in [0.29, 0.717) is 34.3 Å². The van der Waals surface area contributed by atoms with Crippen LogP contribution in [-0.4, -0.2) is 45.6 Å².